The standard InChI is InChI=1S/C10H13Cl2NO2/c1-2-3-15-10-8(11)4-7(6-13-14)5-9(10)12/h1,6-10,14H,3-5H2/b13-6+. The van der Waals surface area contributed by atoms with Crippen molar-refractivity contribution in [1.29, 1.82) is 0 Å². The Labute approximate surface area is 99.4 Å². The predicted octanol–water partition coefficient (Wildman–Crippen LogP) is 2.09. The quantitative estimate of drug-likeness (QED) is 0.274. The minimum absolute atomic E-state index is 0.102. The van der Waals surface area contributed by atoms with Gasteiger partial charge >= 0.3 is 0 Å². The summed E-state index contributed by atoms with van der Waals surface area (Å²) in [5.41, 5.74) is 0. The highest BCUT2D eigenvalue weighted by atomic mass is 35.5. The molecule has 3 nitrogen and oxygen atoms in total. The van der Waals surface area contributed by atoms with Crippen molar-refractivity contribution in [2.75, 3.05) is 6.61 Å². The van der Waals surface area contributed by atoms with Crippen LogP contribution in [0.5, 0.6) is 0 Å². The Balaban J connectivity index is 2.53. The molecule has 5 heteroatoms. The summed E-state index contributed by atoms with van der Waals surface area (Å²) in [5.74, 6) is 2.49. The van der Waals surface area contributed by atoms with Gasteiger partial charge < -0.3 is 9.94 Å². The molecular weight excluding hydrogens is 237 g/mol. The molecule has 0 heterocycles. The SMILES string of the molecule is C#CCOC1C(Cl)CC(/C=N/O)CC1Cl. The third-order valence-corrected chi connectivity index (χ3v) is 3.26. The van der Waals surface area contributed by atoms with Gasteiger partial charge in [0.2, 0.25) is 0 Å². The first kappa shape index (κ1) is 12.6. The van der Waals surface area contributed by atoms with Gasteiger partial charge in [0.1, 0.15) is 6.61 Å². The lowest BCUT2D eigenvalue weighted by molar-refractivity contribution is 0.0511. The van der Waals surface area contributed by atoms with Gasteiger partial charge in [-0.2, -0.15) is 0 Å². The van der Waals surface area contributed by atoms with E-state index >= 15 is 0 Å². The van der Waals surface area contributed by atoms with Crippen LogP contribution in [0.25, 0.3) is 0 Å². The summed E-state index contributed by atoms with van der Waals surface area (Å²) in [7, 11) is 0. The van der Waals surface area contributed by atoms with Gasteiger partial charge in [-0.25, -0.2) is 0 Å². The zero-order valence-electron chi connectivity index (χ0n) is 8.14. The summed E-state index contributed by atoms with van der Waals surface area (Å²) in [6.45, 7) is 0.218. The number of ether oxygens (including phenoxy) is 1. The highest BCUT2D eigenvalue weighted by molar-refractivity contribution is 6.24. The van der Waals surface area contributed by atoms with Gasteiger partial charge in [0, 0.05) is 12.1 Å². The first-order chi connectivity index (χ1) is 7.19. The second-order valence-electron chi connectivity index (χ2n) is 3.51. The van der Waals surface area contributed by atoms with Crippen molar-refractivity contribution in [3.05, 3.63) is 0 Å². The fraction of sp³-hybridized carbons (Fsp3) is 0.700. The second-order valence-corrected chi connectivity index (χ2v) is 4.63. The third-order valence-electron chi connectivity index (χ3n) is 2.41. The topological polar surface area (TPSA) is 41.8 Å². The molecule has 1 saturated carbocycles. The average molecular weight is 250 g/mol. The zero-order valence-corrected chi connectivity index (χ0v) is 9.66. The number of nitrogens with zero attached hydrogens (tertiary/aromatic N) is 1. The van der Waals surface area contributed by atoms with Gasteiger partial charge in [-0.3, -0.25) is 0 Å². The van der Waals surface area contributed by atoms with E-state index in [0.29, 0.717) is 12.8 Å². The van der Waals surface area contributed by atoms with E-state index in [1.165, 1.54) is 6.21 Å². The molecule has 0 aliphatic heterocycles. The van der Waals surface area contributed by atoms with Gasteiger partial charge in [0.05, 0.1) is 16.9 Å². The van der Waals surface area contributed by atoms with Gasteiger partial charge in [0.25, 0.3) is 0 Å². The van der Waals surface area contributed by atoms with Crippen LogP contribution in [-0.4, -0.2) is 34.9 Å². The average Bonchev–Trinajstić information content (AvgIpc) is 2.17. The third kappa shape index (κ3) is 3.57. The molecule has 84 valence electrons. The first-order valence-corrected chi connectivity index (χ1v) is 5.57. The first-order valence-electron chi connectivity index (χ1n) is 4.69. The molecule has 1 fully saturated rings. The van der Waals surface area contributed by atoms with Crippen LogP contribution in [0.2, 0.25) is 0 Å². The Morgan fingerprint density at radius 3 is 2.53 bits per heavy atom. The van der Waals surface area contributed by atoms with E-state index in [9.17, 15) is 0 Å². The summed E-state index contributed by atoms with van der Waals surface area (Å²) in [5, 5.41) is 11.0. The lowest BCUT2D eigenvalue weighted by Crippen LogP contribution is -2.41. The van der Waals surface area contributed by atoms with Crippen molar-refractivity contribution in [3.8, 4) is 12.3 Å². The van der Waals surface area contributed by atoms with Crippen LogP contribution in [0.4, 0.5) is 0 Å². The highest BCUT2D eigenvalue weighted by Gasteiger charge is 2.36. The Kier molecular flexibility index (Phi) is 5.24. The maximum atomic E-state index is 8.42. The molecule has 15 heavy (non-hydrogen) atoms. The van der Waals surface area contributed by atoms with Crippen LogP contribution in [0.15, 0.2) is 5.16 Å². The van der Waals surface area contributed by atoms with E-state index in [0.717, 1.165) is 0 Å². The molecule has 1 N–H and O–H groups in total. The normalized spacial score (nSPS) is 36.6. The molecule has 0 bridgehead atoms. The van der Waals surface area contributed by atoms with Crippen LogP contribution in [0, 0.1) is 18.3 Å². The van der Waals surface area contributed by atoms with Crippen LogP contribution in [0.3, 0.4) is 0 Å². The van der Waals surface area contributed by atoms with E-state index in [2.05, 4.69) is 11.1 Å². The zero-order chi connectivity index (χ0) is 11.3. The van der Waals surface area contributed by atoms with Gasteiger partial charge in [-0.15, -0.1) is 34.8 Å². The maximum Gasteiger partial charge on any atom is 0.107 e. The number of hydrogen-bond acceptors (Lipinski definition) is 3. The smallest absolute Gasteiger partial charge is 0.107 e. The number of hydrogen-bond donors (Lipinski definition) is 1. The number of alkyl halides is 2. The fourth-order valence-corrected chi connectivity index (χ4v) is 2.77. The number of halogens is 2. The second kappa shape index (κ2) is 6.22. The molecule has 2 unspecified atom stereocenters. The van der Waals surface area contributed by atoms with E-state index in [1.54, 1.807) is 0 Å². The minimum atomic E-state index is -0.229. The Bertz CT molecular complexity index is 253. The summed E-state index contributed by atoms with van der Waals surface area (Å²) >= 11 is 12.2. The molecule has 2 atom stereocenters. The van der Waals surface area contributed by atoms with E-state index in [4.69, 9.17) is 39.6 Å². The molecular formula is C10H13Cl2NO2. The summed E-state index contributed by atoms with van der Waals surface area (Å²) in [6, 6.07) is 0. The largest absolute Gasteiger partial charge is 0.411 e. The van der Waals surface area contributed by atoms with Crippen molar-refractivity contribution >= 4 is 29.4 Å². The molecule has 0 aromatic carbocycles. The fourth-order valence-electron chi connectivity index (χ4n) is 1.74. The van der Waals surface area contributed by atoms with Gasteiger partial charge in [-0.05, 0) is 12.8 Å². The number of rotatable bonds is 3. The Morgan fingerprint density at radius 2 is 2.07 bits per heavy atom. The van der Waals surface area contributed by atoms with Crippen LogP contribution >= 0.6 is 23.2 Å². The Hall–Kier alpha value is -0.430. The van der Waals surface area contributed by atoms with Crippen molar-refractivity contribution in [2.24, 2.45) is 11.1 Å². The monoisotopic (exact) mass is 249 g/mol. The van der Waals surface area contributed by atoms with Crippen molar-refractivity contribution in [3.63, 3.8) is 0 Å². The summed E-state index contributed by atoms with van der Waals surface area (Å²) in [6.07, 6.45) is 7.70. The molecule has 1 aliphatic rings. The predicted molar refractivity (Wildman–Crippen MR) is 60.9 cm³/mol. The highest BCUT2D eigenvalue weighted by Crippen LogP contribution is 2.32. The van der Waals surface area contributed by atoms with E-state index < -0.39 is 0 Å². The number of oxime groups is 1. The molecule has 0 aromatic rings. The van der Waals surface area contributed by atoms with E-state index in [-0.39, 0.29) is 29.4 Å². The maximum absolute atomic E-state index is 8.42. The van der Waals surface area contributed by atoms with Crippen LogP contribution < -0.4 is 0 Å². The van der Waals surface area contributed by atoms with Gasteiger partial charge in [-0.1, -0.05) is 5.92 Å². The van der Waals surface area contributed by atoms with Crippen molar-refractivity contribution in [2.45, 2.75) is 29.7 Å². The lowest BCUT2D eigenvalue weighted by Gasteiger charge is -2.34. The molecule has 0 saturated heterocycles. The molecule has 0 aromatic heterocycles. The van der Waals surface area contributed by atoms with Crippen molar-refractivity contribution < 1.29 is 9.94 Å². The van der Waals surface area contributed by atoms with Crippen LogP contribution in [-0.2, 0) is 4.74 Å². The van der Waals surface area contributed by atoms with Crippen molar-refractivity contribution in [1.82, 2.24) is 0 Å². The minimum Gasteiger partial charge on any atom is -0.411 e. The summed E-state index contributed by atoms with van der Waals surface area (Å²) in [4.78, 5) is 0. The lowest BCUT2D eigenvalue weighted by atomic mass is 9.87. The number of terminal acetylenes is 1. The molecule has 1 aliphatic carbocycles. The molecule has 0 amide bonds. The molecule has 1 rings (SSSR count). The molecule has 0 radical (unpaired) electrons. The summed E-state index contributed by atoms with van der Waals surface area (Å²) < 4.78 is 5.38. The van der Waals surface area contributed by atoms with Gasteiger partial charge in [0.15, 0.2) is 0 Å². The van der Waals surface area contributed by atoms with E-state index in [1.807, 2.05) is 0 Å². The Morgan fingerprint density at radius 1 is 1.47 bits per heavy atom. The van der Waals surface area contributed by atoms with Crippen LogP contribution in [0.1, 0.15) is 12.8 Å². The molecule has 0 spiro atoms.